The molecule has 0 spiro atoms. The van der Waals surface area contributed by atoms with Crippen LogP contribution in [0, 0.1) is 0 Å². The van der Waals surface area contributed by atoms with Gasteiger partial charge in [-0.15, -0.1) is 0 Å². The van der Waals surface area contributed by atoms with E-state index in [-0.39, 0.29) is 18.2 Å². The highest BCUT2D eigenvalue weighted by Crippen LogP contribution is 2.28. The van der Waals surface area contributed by atoms with E-state index in [1.54, 1.807) is 19.1 Å². The van der Waals surface area contributed by atoms with Crippen LogP contribution in [0.1, 0.15) is 26.3 Å². The summed E-state index contributed by atoms with van der Waals surface area (Å²) in [6.45, 7) is 6.43. The summed E-state index contributed by atoms with van der Waals surface area (Å²) in [5.41, 5.74) is 2.35. The van der Waals surface area contributed by atoms with E-state index in [0.717, 1.165) is 16.6 Å². The van der Waals surface area contributed by atoms with E-state index in [0.29, 0.717) is 30.7 Å². The fraction of sp³-hybridized carbons (Fsp3) is 0.318. The van der Waals surface area contributed by atoms with Gasteiger partial charge >= 0.3 is 0 Å². The zero-order valence-electron chi connectivity index (χ0n) is 17.3. The van der Waals surface area contributed by atoms with Crippen LogP contribution in [0.5, 0.6) is 11.5 Å². The Labute approximate surface area is 175 Å². The second-order valence-electron chi connectivity index (χ2n) is 6.70. The van der Waals surface area contributed by atoms with E-state index in [4.69, 9.17) is 9.47 Å². The van der Waals surface area contributed by atoms with Gasteiger partial charge in [0.1, 0.15) is 6.04 Å². The molecule has 0 saturated carbocycles. The molecule has 3 aromatic rings. The Kier molecular flexibility index (Phi) is 6.90. The molecule has 0 saturated heterocycles. The van der Waals surface area contributed by atoms with Crippen LogP contribution in [-0.4, -0.2) is 41.0 Å². The molecule has 1 aromatic heterocycles. The van der Waals surface area contributed by atoms with Gasteiger partial charge < -0.3 is 19.8 Å². The second kappa shape index (κ2) is 9.78. The molecular formula is C22H26N4O4. The lowest BCUT2D eigenvalue weighted by molar-refractivity contribution is -0.125. The number of carbonyl (C=O) groups is 2. The second-order valence-corrected chi connectivity index (χ2v) is 6.70. The van der Waals surface area contributed by atoms with Crippen LogP contribution in [0.4, 0.5) is 5.95 Å². The lowest BCUT2D eigenvalue weighted by Gasteiger charge is -2.14. The lowest BCUT2D eigenvalue weighted by atomic mass is 10.1. The number of anilines is 1. The van der Waals surface area contributed by atoms with Crippen molar-refractivity contribution in [3.63, 3.8) is 0 Å². The van der Waals surface area contributed by atoms with Crippen LogP contribution in [0.3, 0.4) is 0 Å². The molecule has 0 fully saturated rings. The maximum absolute atomic E-state index is 12.4. The minimum Gasteiger partial charge on any atom is -0.490 e. The Bertz CT molecular complexity index is 998. The predicted octanol–water partition coefficient (Wildman–Crippen LogP) is 3.05. The van der Waals surface area contributed by atoms with Crippen molar-refractivity contribution in [3.8, 4) is 11.5 Å². The standard InChI is InChI=1S/C22H26N4O4/c1-4-29-18-11-10-15(12-19(18)30-5-2)13-20(27)23-14(3)21(28)26-22-24-16-8-6-7-9-17(16)25-22/h6-12,14H,4-5,13H2,1-3H3,(H,23,27)(H2,24,25,26,28)/t14-/m0/s1. The van der Waals surface area contributed by atoms with E-state index >= 15 is 0 Å². The van der Waals surface area contributed by atoms with Gasteiger partial charge in [-0.3, -0.25) is 14.9 Å². The van der Waals surface area contributed by atoms with Gasteiger partial charge in [-0.2, -0.15) is 0 Å². The topological polar surface area (TPSA) is 105 Å². The highest BCUT2D eigenvalue weighted by Gasteiger charge is 2.18. The van der Waals surface area contributed by atoms with Gasteiger partial charge in [0.2, 0.25) is 17.8 Å². The van der Waals surface area contributed by atoms with Crippen LogP contribution in [0.2, 0.25) is 0 Å². The van der Waals surface area contributed by atoms with E-state index in [2.05, 4.69) is 20.6 Å². The Morgan fingerprint density at radius 3 is 2.53 bits per heavy atom. The van der Waals surface area contributed by atoms with Gasteiger partial charge in [0.15, 0.2) is 11.5 Å². The van der Waals surface area contributed by atoms with Crippen LogP contribution < -0.4 is 20.1 Å². The summed E-state index contributed by atoms with van der Waals surface area (Å²) in [5, 5.41) is 5.40. The number of imidazole rings is 1. The maximum atomic E-state index is 12.4. The summed E-state index contributed by atoms with van der Waals surface area (Å²) in [7, 11) is 0. The van der Waals surface area contributed by atoms with E-state index in [9.17, 15) is 9.59 Å². The summed E-state index contributed by atoms with van der Waals surface area (Å²) < 4.78 is 11.1. The van der Waals surface area contributed by atoms with Crippen molar-refractivity contribution in [2.24, 2.45) is 0 Å². The molecule has 2 amide bonds. The Morgan fingerprint density at radius 1 is 1.07 bits per heavy atom. The average molecular weight is 410 g/mol. The summed E-state index contributed by atoms with van der Waals surface area (Å²) >= 11 is 0. The number of rotatable bonds is 9. The molecule has 1 heterocycles. The number of hydrogen-bond donors (Lipinski definition) is 3. The molecular weight excluding hydrogens is 384 g/mol. The first-order valence-corrected chi connectivity index (χ1v) is 9.93. The Hall–Kier alpha value is -3.55. The Morgan fingerprint density at radius 2 is 1.80 bits per heavy atom. The quantitative estimate of drug-likeness (QED) is 0.503. The first kappa shape index (κ1) is 21.2. The number of nitrogens with one attached hydrogen (secondary N) is 3. The summed E-state index contributed by atoms with van der Waals surface area (Å²) in [5.74, 6) is 0.954. The number of amides is 2. The number of hydrogen-bond acceptors (Lipinski definition) is 5. The van der Waals surface area contributed by atoms with Gasteiger partial charge in [0.05, 0.1) is 30.7 Å². The van der Waals surface area contributed by atoms with Crippen molar-refractivity contribution in [2.75, 3.05) is 18.5 Å². The normalized spacial score (nSPS) is 11.7. The number of ether oxygens (including phenoxy) is 2. The molecule has 2 aromatic carbocycles. The van der Waals surface area contributed by atoms with Gasteiger partial charge in [-0.25, -0.2) is 4.98 Å². The molecule has 0 bridgehead atoms. The van der Waals surface area contributed by atoms with Gasteiger partial charge in [0.25, 0.3) is 0 Å². The number of aromatic nitrogens is 2. The molecule has 158 valence electrons. The number of nitrogens with zero attached hydrogens (tertiary/aromatic N) is 1. The van der Waals surface area contributed by atoms with Gasteiger partial charge in [0, 0.05) is 0 Å². The lowest BCUT2D eigenvalue weighted by Crippen LogP contribution is -2.42. The number of benzene rings is 2. The average Bonchev–Trinajstić information content (AvgIpc) is 3.12. The number of para-hydroxylation sites is 2. The van der Waals surface area contributed by atoms with Crippen molar-refractivity contribution in [1.82, 2.24) is 15.3 Å². The van der Waals surface area contributed by atoms with Crippen molar-refractivity contribution in [1.29, 1.82) is 0 Å². The number of fused-ring (bicyclic) bond motifs is 1. The van der Waals surface area contributed by atoms with Crippen molar-refractivity contribution in [3.05, 3.63) is 48.0 Å². The third-order valence-corrected chi connectivity index (χ3v) is 4.37. The van der Waals surface area contributed by atoms with Crippen molar-refractivity contribution >= 4 is 28.8 Å². The van der Waals surface area contributed by atoms with Crippen LogP contribution in [0.15, 0.2) is 42.5 Å². The van der Waals surface area contributed by atoms with E-state index < -0.39 is 6.04 Å². The smallest absolute Gasteiger partial charge is 0.248 e. The minimum atomic E-state index is -0.722. The zero-order valence-corrected chi connectivity index (χ0v) is 17.3. The monoisotopic (exact) mass is 410 g/mol. The fourth-order valence-corrected chi connectivity index (χ4v) is 2.99. The van der Waals surface area contributed by atoms with Crippen LogP contribution in [0.25, 0.3) is 11.0 Å². The number of aromatic amines is 1. The maximum Gasteiger partial charge on any atom is 0.248 e. The van der Waals surface area contributed by atoms with Gasteiger partial charge in [-0.05, 0) is 50.6 Å². The SMILES string of the molecule is CCOc1ccc(CC(=O)N[C@@H](C)C(=O)Nc2nc3ccccc3[nH]2)cc1OCC. The number of carbonyl (C=O) groups excluding carboxylic acids is 2. The fourth-order valence-electron chi connectivity index (χ4n) is 2.99. The van der Waals surface area contributed by atoms with Crippen molar-refractivity contribution in [2.45, 2.75) is 33.2 Å². The van der Waals surface area contributed by atoms with E-state index in [1.807, 2.05) is 44.2 Å². The molecule has 30 heavy (non-hydrogen) atoms. The molecule has 0 aliphatic carbocycles. The minimum absolute atomic E-state index is 0.120. The van der Waals surface area contributed by atoms with Crippen molar-refractivity contribution < 1.29 is 19.1 Å². The Balaban J connectivity index is 1.58. The predicted molar refractivity (Wildman–Crippen MR) is 115 cm³/mol. The van der Waals surface area contributed by atoms with Crippen LogP contribution >= 0.6 is 0 Å². The number of H-pyrrole nitrogens is 1. The van der Waals surface area contributed by atoms with Crippen LogP contribution in [-0.2, 0) is 16.0 Å². The third-order valence-electron chi connectivity index (χ3n) is 4.37. The molecule has 1 atom stereocenters. The molecule has 0 aliphatic heterocycles. The van der Waals surface area contributed by atoms with E-state index in [1.165, 1.54) is 0 Å². The molecule has 0 radical (unpaired) electrons. The third kappa shape index (κ3) is 5.28. The summed E-state index contributed by atoms with van der Waals surface area (Å²) in [6.07, 6.45) is 0.120. The molecule has 8 heteroatoms. The first-order chi connectivity index (χ1) is 14.5. The molecule has 0 aliphatic rings. The van der Waals surface area contributed by atoms with Gasteiger partial charge in [-0.1, -0.05) is 18.2 Å². The molecule has 3 N–H and O–H groups in total. The summed E-state index contributed by atoms with van der Waals surface area (Å²) in [6, 6.07) is 12.1. The molecule has 0 unspecified atom stereocenters. The zero-order chi connectivity index (χ0) is 21.5. The summed E-state index contributed by atoms with van der Waals surface area (Å²) in [4.78, 5) is 32.2. The largest absolute Gasteiger partial charge is 0.490 e. The highest BCUT2D eigenvalue weighted by molar-refractivity contribution is 5.97. The molecule has 3 rings (SSSR count). The first-order valence-electron chi connectivity index (χ1n) is 9.93. The molecule has 8 nitrogen and oxygen atoms in total. The highest BCUT2D eigenvalue weighted by atomic mass is 16.5.